The summed E-state index contributed by atoms with van der Waals surface area (Å²) < 4.78 is 11.4. The minimum absolute atomic E-state index is 0.271. The average molecular weight is 433 g/mol. The first kappa shape index (κ1) is 18.8. The van der Waals surface area contributed by atoms with E-state index in [1.807, 2.05) is 17.5 Å². The Morgan fingerprint density at radius 1 is 1.21 bits per heavy atom. The Kier molecular flexibility index (Phi) is 5.26. The Bertz CT molecular complexity index is 1140. The Morgan fingerprint density at radius 2 is 2.07 bits per heavy atom. The van der Waals surface area contributed by atoms with Crippen molar-refractivity contribution in [2.75, 3.05) is 5.32 Å². The van der Waals surface area contributed by atoms with Gasteiger partial charge in [-0.05, 0) is 42.6 Å². The summed E-state index contributed by atoms with van der Waals surface area (Å²) in [7, 11) is 0. The smallest absolute Gasteiger partial charge is 0.265 e. The zero-order chi connectivity index (χ0) is 19.7. The summed E-state index contributed by atoms with van der Waals surface area (Å²) >= 11 is 13.6. The molecule has 0 fully saturated rings. The number of thiophene rings is 1. The highest BCUT2D eigenvalue weighted by Gasteiger charge is 2.18. The topological polar surface area (TPSA) is 64.4 Å². The van der Waals surface area contributed by atoms with Crippen LogP contribution in [0, 0.1) is 0 Å². The average Bonchev–Trinajstić information content (AvgIpc) is 3.34. The van der Waals surface area contributed by atoms with E-state index in [0.717, 1.165) is 10.4 Å². The molecular formula is C20H14Cl2N2O3S. The standard InChI is InChI=1S/C20H14Cl2N2O3S/c1-11(26-15-5-2-4-13(21)18(15)22)19(25)23-12-7-8-14-16(10-12)27-20(24-14)17-6-3-9-28-17/h2-11H,1H3,(H,23,25)/t11-/m0/s1. The van der Waals surface area contributed by atoms with Crippen LogP contribution in [0.25, 0.3) is 21.9 Å². The van der Waals surface area contributed by atoms with Crippen LogP contribution in [-0.2, 0) is 4.79 Å². The largest absolute Gasteiger partial charge is 0.479 e. The Morgan fingerprint density at radius 3 is 2.86 bits per heavy atom. The highest BCUT2D eigenvalue weighted by Crippen LogP contribution is 2.32. The van der Waals surface area contributed by atoms with Gasteiger partial charge < -0.3 is 14.5 Å². The number of aromatic nitrogens is 1. The molecule has 2 heterocycles. The number of rotatable bonds is 5. The molecule has 1 N–H and O–H groups in total. The van der Waals surface area contributed by atoms with Gasteiger partial charge in [-0.1, -0.05) is 35.3 Å². The van der Waals surface area contributed by atoms with Crippen LogP contribution in [-0.4, -0.2) is 17.0 Å². The zero-order valence-electron chi connectivity index (χ0n) is 14.6. The van der Waals surface area contributed by atoms with Gasteiger partial charge in [0.2, 0.25) is 5.89 Å². The van der Waals surface area contributed by atoms with Crippen LogP contribution < -0.4 is 10.1 Å². The van der Waals surface area contributed by atoms with Crippen LogP contribution in [0.1, 0.15) is 6.92 Å². The minimum atomic E-state index is -0.775. The van der Waals surface area contributed by atoms with E-state index >= 15 is 0 Å². The lowest BCUT2D eigenvalue weighted by atomic mass is 10.2. The molecular weight excluding hydrogens is 419 g/mol. The molecule has 4 aromatic rings. The molecule has 8 heteroatoms. The molecule has 5 nitrogen and oxygen atoms in total. The number of nitrogens with zero attached hydrogens (tertiary/aromatic N) is 1. The lowest BCUT2D eigenvalue weighted by Crippen LogP contribution is -2.30. The van der Waals surface area contributed by atoms with Crippen LogP contribution in [0.4, 0.5) is 5.69 Å². The molecule has 0 unspecified atom stereocenters. The summed E-state index contributed by atoms with van der Waals surface area (Å²) in [5, 5.41) is 5.40. The fraction of sp³-hybridized carbons (Fsp3) is 0.100. The third-order valence-corrected chi connectivity index (χ3v) is 5.64. The van der Waals surface area contributed by atoms with Crippen molar-refractivity contribution < 1.29 is 13.9 Å². The summed E-state index contributed by atoms with van der Waals surface area (Å²) in [6, 6.07) is 14.2. The molecule has 4 rings (SSSR count). The van der Waals surface area contributed by atoms with Crippen LogP contribution in [0.5, 0.6) is 5.75 Å². The first-order chi connectivity index (χ1) is 13.5. The number of amides is 1. The number of fused-ring (bicyclic) bond motifs is 1. The van der Waals surface area contributed by atoms with Gasteiger partial charge in [0.05, 0.1) is 9.90 Å². The van der Waals surface area contributed by atoms with E-state index in [1.54, 1.807) is 54.7 Å². The second kappa shape index (κ2) is 7.83. The van der Waals surface area contributed by atoms with Crippen molar-refractivity contribution in [3.05, 3.63) is 64.0 Å². The SMILES string of the molecule is C[C@H](Oc1cccc(Cl)c1Cl)C(=O)Nc1ccc2nc(-c3cccs3)oc2c1. The highest BCUT2D eigenvalue weighted by atomic mass is 35.5. The molecule has 0 bridgehead atoms. The molecule has 142 valence electrons. The fourth-order valence-electron chi connectivity index (χ4n) is 2.57. The molecule has 2 aromatic carbocycles. The summed E-state index contributed by atoms with van der Waals surface area (Å²) in [5.41, 5.74) is 1.89. The van der Waals surface area contributed by atoms with E-state index in [-0.39, 0.29) is 10.9 Å². The minimum Gasteiger partial charge on any atom is -0.479 e. The van der Waals surface area contributed by atoms with Crippen LogP contribution in [0.15, 0.2) is 58.3 Å². The van der Waals surface area contributed by atoms with Gasteiger partial charge in [-0.25, -0.2) is 4.98 Å². The molecule has 0 aliphatic rings. The normalized spacial score (nSPS) is 12.1. The van der Waals surface area contributed by atoms with E-state index in [4.69, 9.17) is 32.4 Å². The number of halogens is 2. The van der Waals surface area contributed by atoms with Crippen molar-refractivity contribution in [2.24, 2.45) is 0 Å². The van der Waals surface area contributed by atoms with Crippen molar-refractivity contribution in [2.45, 2.75) is 13.0 Å². The van der Waals surface area contributed by atoms with Gasteiger partial charge in [0.25, 0.3) is 5.91 Å². The molecule has 28 heavy (non-hydrogen) atoms. The van der Waals surface area contributed by atoms with Crippen LogP contribution in [0.3, 0.4) is 0 Å². The van der Waals surface area contributed by atoms with Gasteiger partial charge in [0, 0.05) is 11.8 Å². The monoisotopic (exact) mass is 432 g/mol. The van der Waals surface area contributed by atoms with E-state index < -0.39 is 6.10 Å². The number of oxazole rings is 1. The molecule has 0 saturated carbocycles. The molecule has 0 radical (unpaired) electrons. The zero-order valence-corrected chi connectivity index (χ0v) is 16.9. The van der Waals surface area contributed by atoms with Gasteiger partial charge in [-0.2, -0.15) is 0 Å². The Labute approximate surface area is 174 Å². The van der Waals surface area contributed by atoms with Crippen molar-refractivity contribution in [3.8, 4) is 16.5 Å². The number of hydrogen-bond donors (Lipinski definition) is 1. The number of nitrogens with one attached hydrogen (secondary N) is 1. The van der Waals surface area contributed by atoms with Gasteiger partial charge >= 0.3 is 0 Å². The maximum Gasteiger partial charge on any atom is 0.265 e. The van der Waals surface area contributed by atoms with Crippen molar-refractivity contribution in [1.82, 2.24) is 4.98 Å². The lowest BCUT2D eigenvalue weighted by molar-refractivity contribution is -0.122. The third kappa shape index (κ3) is 3.85. The second-order valence-electron chi connectivity index (χ2n) is 5.98. The van der Waals surface area contributed by atoms with Gasteiger partial charge in [-0.3, -0.25) is 4.79 Å². The van der Waals surface area contributed by atoms with Crippen molar-refractivity contribution >= 4 is 57.2 Å². The summed E-state index contributed by atoms with van der Waals surface area (Å²) in [6.45, 7) is 1.63. The fourth-order valence-corrected chi connectivity index (χ4v) is 3.56. The second-order valence-corrected chi connectivity index (χ2v) is 7.71. The first-order valence-corrected chi connectivity index (χ1v) is 10.0. The maximum absolute atomic E-state index is 12.5. The quantitative estimate of drug-likeness (QED) is 0.403. The lowest BCUT2D eigenvalue weighted by Gasteiger charge is -2.16. The van der Waals surface area contributed by atoms with Crippen LogP contribution >= 0.6 is 34.5 Å². The van der Waals surface area contributed by atoms with E-state index in [2.05, 4.69) is 10.3 Å². The predicted molar refractivity (Wildman–Crippen MR) is 113 cm³/mol. The van der Waals surface area contributed by atoms with Gasteiger partial charge in [0.15, 0.2) is 11.7 Å². The number of carbonyl (C=O) groups is 1. The van der Waals surface area contributed by atoms with Crippen molar-refractivity contribution in [1.29, 1.82) is 0 Å². The molecule has 0 saturated heterocycles. The third-order valence-electron chi connectivity index (χ3n) is 3.98. The van der Waals surface area contributed by atoms with Crippen LogP contribution in [0.2, 0.25) is 10.0 Å². The summed E-state index contributed by atoms with van der Waals surface area (Å²) in [4.78, 5) is 17.9. The number of ether oxygens (including phenoxy) is 1. The Balaban J connectivity index is 1.49. The van der Waals surface area contributed by atoms with Crippen molar-refractivity contribution in [3.63, 3.8) is 0 Å². The first-order valence-electron chi connectivity index (χ1n) is 8.37. The van der Waals surface area contributed by atoms with E-state index in [1.165, 1.54) is 0 Å². The van der Waals surface area contributed by atoms with E-state index in [0.29, 0.717) is 27.9 Å². The van der Waals surface area contributed by atoms with Gasteiger partial charge in [0.1, 0.15) is 16.3 Å². The number of benzene rings is 2. The van der Waals surface area contributed by atoms with Gasteiger partial charge in [-0.15, -0.1) is 11.3 Å². The predicted octanol–water partition coefficient (Wildman–Crippen LogP) is 6.27. The number of anilines is 1. The molecule has 0 aliphatic heterocycles. The molecule has 1 atom stereocenters. The molecule has 0 spiro atoms. The molecule has 2 aromatic heterocycles. The molecule has 0 aliphatic carbocycles. The number of carbonyl (C=O) groups excluding carboxylic acids is 1. The molecule has 1 amide bonds. The summed E-state index contributed by atoms with van der Waals surface area (Å²) in [5.74, 6) is 0.581. The highest BCUT2D eigenvalue weighted by molar-refractivity contribution is 7.13. The van der Waals surface area contributed by atoms with E-state index in [9.17, 15) is 4.79 Å². The summed E-state index contributed by atoms with van der Waals surface area (Å²) in [6.07, 6.45) is -0.775. The Hall–Kier alpha value is -2.54. The number of hydrogen-bond acceptors (Lipinski definition) is 5. The maximum atomic E-state index is 12.5.